The van der Waals surface area contributed by atoms with Crippen molar-refractivity contribution in [1.82, 2.24) is 4.98 Å². The highest BCUT2D eigenvalue weighted by molar-refractivity contribution is 5.74. The van der Waals surface area contributed by atoms with Crippen LogP contribution in [0.2, 0.25) is 0 Å². The van der Waals surface area contributed by atoms with Gasteiger partial charge in [0.1, 0.15) is 6.10 Å². The van der Waals surface area contributed by atoms with E-state index in [2.05, 4.69) is 43.1 Å². The van der Waals surface area contributed by atoms with Crippen LogP contribution in [0.4, 0.5) is 0 Å². The SMILES string of the molecule is COC(=O)[C@H](CC(C)C)O[C@H](c1ccccc1)c1ccc(-c2ccncc2)cc1. The summed E-state index contributed by atoms with van der Waals surface area (Å²) in [6.45, 7) is 4.14. The average molecular weight is 389 g/mol. The predicted octanol–water partition coefficient (Wildman–Crippen LogP) is 5.44. The van der Waals surface area contributed by atoms with Crippen molar-refractivity contribution in [3.63, 3.8) is 0 Å². The summed E-state index contributed by atoms with van der Waals surface area (Å²) in [4.78, 5) is 16.4. The number of carbonyl (C=O) groups is 1. The molecule has 0 saturated carbocycles. The first-order valence-electron chi connectivity index (χ1n) is 9.87. The van der Waals surface area contributed by atoms with E-state index in [0.717, 1.165) is 22.3 Å². The van der Waals surface area contributed by atoms with Crippen molar-refractivity contribution in [2.75, 3.05) is 7.11 Å². The average Bonchev–Trinajstić information content (AvgIpc) is 2.77. The fourth-order valence-corrected chi connectivity index (χ4v) is 3.30. The van der Waals surface area contributed by atoms with Gasteiger partial charge < -0.3 is 9.47 Å². The maximum absolute atomic E-state index is 12.3. The minimum absolute atomic E-state index is 0.310. The number of carbonyl (C=O) groups excluding carboxylic acids is 1. The van der Waals surface area contributed by atoms with Gasteiger partial charge in [0.15, 0.2) is 6.10 Å². The number of hydrogen-bond donors (Lipinski definition) is 0. The van der Waals surface area contributed by atoms with E-state index < -0.39 is 6.10 Å². The molecule has 29 heavy (non-hydrogen) atoms. The zero-order chi connectivity index (χ0) is 20.6. The first-order chi connectivity index (χ1) is 14.1. The zero-order valence-electron chi connectivity index (χ0n) is 17.1. The van der Waals surface area contributed by atoms with Crippen molar-refractivity contribution in [2.24, 2.45) is 5.92 Å². The lowest BCUT2D eigenvalue weighted by Gasteiger charge is -2.25. The fourth-order valence-electron chi connectivity index (χ4n) is 3.30. The molecule has 2 atom stereocenters. The van der Waals surface area contributed by atoms with E-state index in [-0.39, 0.29) is 12.1 Å². The predicted molar refractivity (Wildman–Crippen MR) is 114 cm³/mol. The van der Waals surface area contributed by atoms with Crippen LogP contribution in [0.15, 0.2) is 79.1 Å². The van der Waals surface area contributed by atoms with Crippen molar-refractivity contribution >= 4 is 5.97 Å². The third-order valence-corrected chi connectivity index (χ3v) is 4.78. The molecular formula is C25H27NO3. The Bertz CT molecular complexity index is 892. The molecule has 4 nitrogen and oxygen atoms in total. The quantitative estimate of drug-likeness (QED) is 0.481. The molecular weight excluding hydrogens is 362 g/mol. The number of pyridine rings is 1. The monoisotopic (exact) mass is 389 g/mol. The highest BCUT2D eigenvalue weighted by atomic mass is 16.6. The van der Waals surface area contributed by atoms with Crippen molar-refractivity contribution in [3.8, 4) is 11.1 Å². The van der Waals surface area contributed by atoms with Crippen LogP contribution in [0, 0.1) is 5.92 Å². The number of aromatic nitrogens is 1. The summed E-state index contributed by atoms with van der Waals surface area (Å²) < 4.78 is 11.3. The summed E-state index contributed by atoms with van der Waals surface area (Å²) in [6, 6.07) is 22.2. The van der Waals surface area contributed by atoms with E-state index in [1.165, 1.54) is 7.11 Å². The van der Waals surface area contributed by atoms with Crippen LogP contribution in [-0.4, -0.2) is 24.2 Å². The Morgan fingerprint density at radius 2 is 1.45 bits per heavy atom. The van der Waals surface area contributed by atoms with Gasteiger partial charge in [-0.25, -0.2) is 4.79 Å². The first-order valence-corrected chi connectivity index (χ1v) is 9.87. The van der Waals surface area contributed by atoms with Crippen molar-refractivity contribution < 1.29 is 14.3 Å². The molecule has 0 aliphatic rings. The summed E-state index contributed by atoms with van der Waals surface area (Å²) in [7, 11) is 1.40. The Morgan fingerprint density at radius 1 is 0.862 bits per heavy atom. The van der Waals surface area contributed by atoms with Gasteiger partial charge in [-0.3, -0.25) is 4.98 Å². The smallest absolute Gasteiger partial charge is 0.335 e. The number of nitrogens with zero attached hydrogens (tertiary/aromatic N) is 1. The molecule has 1 heterocycles. The second kappa shape index (κ2) is 9.99. The zero-order valence-corrected chi connectivity index (χ0v) is 17.1. The molecule has 0 bridgehead atoms. The summed E-state index contributed by atoms with van der Waals surface area (Å²) in [6.07, 6.45) is 3.19. The lowest BCUT2D eigenvalue weighted by atomic mass is 9.97. The Labute approximate surface area is 172 Å². The van der Waals surface area contributed by atoms with Crippen LogP contribution < -0.4 is 0 Å². The van der Waals surface area contributed by atoms with Gasteiger partial charge in [0.05, 0.1) is 7.11 Å². The number of methoxy groups -OCH3 is 1. The molecule has 0 N–H and O–H groups in total. The van der Waals surface area contributed by atoms with Gasteiger partial charge in [-0.1, -0.05) is 68.4 Å². The van der Waals surface area contributed by atoms with Gasteiger partial charge in [0.25, 0.3) is 0 Å². The molecule has 0 radical (unpaired) electrons. The largest absolute Gasteiger partial charge is 0.467 e. The third kappa shape index (κ3) is 5.52. The van der Waals surface area contributed by atoms with Crippen LogP contribution >= 0.6 is 0 Å². The molecule has 150 valence electrons. The second-order valence-electron chi connectivity index (χ2n) is 7.43. The Balaban J connectivity index is 1.92. The third-order valence-electron chi connectivity index (χ3n) is 4.78. The van der Waals surface area contributed by atoms with Crippen LogP contribution in [0.1, 0.15) is 37.5 Å². The number of esters is 1. The molecule has 0 spiro atoms. The van der Waals surface area contributed by atoms with E-state index in [1.807, 2.05) is 42.5 Å². The summed E-state index contributed by atoms with van der Waals surface area (Å²) in [5.74, 6) is -0.0300. The first kappa shape index (κ1) is 20.7. The van der Waals surface area contributed by atoms with E-state index in [1.54, 1.807) is 12.4 Å². The van der Waals surface area contributed by atoms with E-state index in [4.69, 9.17) is 9.47 Å². The highest BCUT2D eigenvalue weighted by Crippen LogP contribution is 2.31. The Morgan fingerprint density at radius 3 is 2.03 bits per heavy atom. The lowest BCUT2D eigenvalue weighted by Crippen LogP contribution is -2.29. The summed E-state index contributed by atoms with van der Waals surface area (Å²) in [5, 5.41) is 0. The van der Waals surface area contributed by atoms with Crippen LogP contribution in [0.3, 0.4) is 0 Å². The van der Waals surface area contributed by atoms with Crippen molar-refractivity contribution in [2.45, 2.75) is 32.5 Å². The minimum atomic E-state index is -0.620. The van der Waals surface area contributed by atoms with E-state index in [9.17, 15) is 4.79 Å². The number of benzene rings is 2. The van der Waals surface area contributed by atoms with Gasteiger partial charge in [-0.2, -0.15) is 0 Å². The van der Waals surface area contributed by atoms with Crippen LogP contribution in [-0.2, 0) is 14.3 Å². The van der Waals surface area contributed by atoms with Gasteiger partial charge >= 0.3 is 5.97 Å². The molecule has 1 aromatic heterocycles. The molecule has 0 fully saturated rings. The molecule has 0 amide bonds. The van der Waals surface area contributed by atoms with Gasteiger partial charge in [-0.15, -0.1) is 0 Å². The number of rotatable bonds is 8. The van der Waals surface area contributed by atoms with Crippen molar-refractivity contribution in [1.29, 1.82) is 0 Å². The molecule has 3 rings (SSSR count). The molecule has 0 saturated heterocycles. The Kier molecular flexibility index (Phi) is 7.14. The molecule has 3 aromatic rings. The number of ether oxygens (including phenoxy) is 2. The lowest BCUT2D eigenvalue weighted by molar-refractivity contribution is -0.158. The van der Waals surface area contributed by atoms with E-state index >= 15 is 0 Å². The number of hydrogen-bond acceptors (Lipinski definition) is 4. The molecule has 0 unspecified atom stereocenters. The molecule has 0 aliphatic heterocycles. The standard InChI is InChI=1S/C25H27NO3/c1-18(2)17-23(25(27)28-3)29-24(21-7-5-4-6-8-21)22-11-9-19(10-12-22)20-13-15-26-16-14-20/h4-16,18,23-24H,17H2,1-3H3/t23-,24+/m0/s1. The van der Waals surface area contributed by atoms with Gasteiger partial charge in [-0.05, 0) is 46.7 Å². The van der Waals surface area contributed by atoms with Crippen LogP contribution in [0.25, 0.3) is 11.1 Å². The highest BCUT2D eigenvalue weighted by Gasteiger charge is 2.27. The topological polar surface area (TPSA) is 48.4 Å². The maximum atomic E-state index is 12.3. The van der Waals surface area contributed by atoms with E-state index in [0.29, 0.717) is 12.3 Å². The fraction of sp³-hybridized carbons (Fsp3) is 0.280. The summed E-state index contributed by atoms with van der Waals surface area (Å²) in [5.41, 5.74) is 4.21. The van der Waals surface area contributed by atoms with Gasteiger partial charge in [0, 0.05) is 12.4 Å². The maximum Gasteiger partial charge on any atom is 0.335 e. The van der Waals surface area contributed by atoms with Crippen LogP contribution in [0.5, 0.6) is 0 Å². The Hall–Kier alpha value is -2.98. The second-order valence-corrected chi connectivity index (χ2v) is 7.43. The summed E-state index contributed by atoms with van der Waals surface area (Å²) >= 11 is 0. The molecule has 0 aliphatic carbocycles. The van der Waals surface area contributed by atoms with Gasteiger partial charge in [0.2, 0.25) is 0 Å². The van der Waals surface area contributed by atoms with Crippen molar-refractivity contribution in [3.05, 3.63) is 90.3 Å². The molecule has 2 aromatic carbocycles. The normalized spacial score (nSPS) is 13.1. The minimum Gasteiger partial charge on any atom is -0.467 e. The molecule has 4 heteroatoms.